The second-order valence-corrected chi connectivity index (χ2v) is 24.7. The van der Waals surface area contributed by atoms with Gasteiger partial charge in [0.15, 0.2) is 0 Å². The van der Waals surface area contributed by atoms with Crippen LogP contribution in [0.3, 0.4) is 0 Å². The SMILES string of the molecule is [CH3][Ge]([CH3])([CH3])[CH2]C[Si](Cl)(Cl)Cl. The second kappa shape index (κ2) is 4.04. The topological polar surface area (TPSA) is 0 Å². The molecular weight excluding hydrogens is 267 g/mol. The van der Waals surface area contributed by atoms with Crippen LogP contribution in [0.1, 0.15) is 0 Å². The Labute approximate surface area is 80.7 Å². The molecule has 0 saturated heterocycles. The van der Waals surface area contributed by atoms with Crippen molar-refractivity contribution in [2.45, 2.75) is 28.6 Å². The van der Waals surface area contributed by atoms with Gasteiger partial charge < -0.3 is 0 Å². The van der Waals surface area contributed by atoms with Gasteiger partial charge in [0.1, 0.15) is 0 Å². The molecule has 5 heteroatoms. The first-order chi connectivity index (χ1) is 4.21. The fourth-order valence-electron chi connectivity index (χ4n) is 0.517. The van der Waals surface area contributed by atoms with Gasteiger partial charge in [-0.2, -0.15) is 0 Å². The molecule has 0 aromatic heterocycles. The molecule has 0 bridgehead atoms. The van der Waals surface area contributed by atoms with E-state index in [0.29, 0.717) is 0 Å². The maximum absolute atomic E-state index is 5.74. The van der Waals surface area contributed by atoms with Crippen molar-refractivity contribution in [2.24, 2.45) is 0 Å². The van der Waals surface area contributed by atoms with Crippen molar-refractivity contribution in [1.29, 1.82) is 0 Å². The van der Waals surface area contributed by atoms with Crippen LogP contribution in [-0.2, 0) is 0 Å². The molecule has 0 aromatic carbocycles. The Balaban J connectivity index is 3.56. The van der Waals surface area contributed by atoms with E-state index >= 15 is 0 Å². The van der Waals surface area contributed by atoms with E-state index in [9.17, 15) is 0 Å². The predicted octanol–water partition coefficient (Wildman–Crippen LogP) is 3.98. The summed E-state index contributed by atoms with van der Waals surface area (Å²) >= 11 is 15.8. The average Bonchev–Trinajstić information content (AvgIpc) is 1.57. The standard InChI is InChI=1S/C5H13Cl3GeSi/c1-9(2,3)4-5-10(6,7)8/h4-5H2,1-3H3. The Morgan fingerprint density at radius 3 is 1.60 bits per heavy atom. The molecule has 0 amide bonds. The van der Waals surface area contributed by atoms with Crippen LogP contribution in [0.2, 0.25) is 28.6 Å². The molecule has 0 aromatic rings. The molecular formula is C5H13Cl3GeSi. The Hall–Kier alpha value is 1.63. The van der Waals surface area contributed by atoms with Crippen molar-refractivity contribution in [1.82, 2.24) is 0 Å². The van der Waals surface area contributed by atoms with Crippen LogP contribution in [-0.4, -0.2) is 19.3 Å². The van der Waals surface area contributed by atoms with Crippen LogP contribution in [0.15, 0.2) is 0 Å². The van der Waals surface area contributed by atoms with Gasteiger partial charge in [-0.3, -0.25) is 0 Å². The molecule has 0 atom stereocenters. The second-order valence-electron chi connectivity index (χ2n) is 3.68. The molecule has 0 fully saturated rings. The van der Waals surface area contributed by atoms with Gasteiger partial charge in [-0.15, -0.1) is 0 Å². The molecule has 0 aliphatic rings. The van der Waals surface area contributed by atoms with Gasteiger partial charge in [0.05, 0.1) is 0 Å². The molecule has 0 saturated carbocycles. The fraction of sp³-hybridized carbons (Fsp3) is 1.00. The van der Waals surface area contributed by atoms with E-state index < -0.39 is 19.3 Å². The quantitative estimate of drug-likeness (QED) is 0.542. The fourth-order valence-corrected chi connectivity index (χ4v) is 12.5. The number of rotatable bonds is 3. The number of hydrogen-bond acceptors (Lipinski definition) is 0. The van der Waals surface area contributed by atoms with Crippen LogP contribution < -0.4 is 0 Å². The predicted molar refractivity (Wildman–Crippen MR) is 56.3 cm³/mol. The third kappa shape index (κ3) is 9.63. The van der Waals surface area contributed by atoms with Gasteiger partial charge in [0, 0.05) is 0 Å². The van der Waals surface area contributed by atoms with E-state index in [1.54, 1.807) is 0 Å². The van der Waals surface area contributed by atoms with Crippen molar-refractivity contribution < 1.29 is 0 Å². The van der Waals surface area contributed by atoms with Crippen LogP contribution in [0, 0.1) is 0 Å². The summed E-state index contributed by atoms with van der Waals surface area (Å²) in [6, 6.07) is -1.46. The first-order valence-corrected chi connectivity index (χ1v) is 16.3. The van der Waals surface area contributed by atoms with E-state index in [4.69, 9.17) is 33.2 Å². The average molecular weight is 280 g/mol. The molecule has 0 rings (SSSR count). The van der Waals surface area contributed by atoms with Crippen molar-refractivity contribution in [2.75, 3.05) is 0 Å². The normalized spacial score (nSPS) is 13.8. The van der Waals surface area contributed by atoms with Crippen molar-refractivity contribution >= 4 is 52.5 Å². The molecule has 62 valence electrons. The zero-order valence-electron chi connectivity index (χ0n) is 6.55. The summed E-state index contributed by atoms with van der Waals surface area (Å²) in [4.78, 5) is 0. The van der Waals surface area contributed by atoms with Crippen LogP contribution >= 0.6 is 33.2 Å². The van der Waals surface area contributed by atoms with Gasteiger partial charge >= 0.3 is 81.1 Å². The Bertz CT molecular complexity index is 90.4. The molecule has 10 heavy (non-hydrogen) atoms. The van der Waals surface area contributed by atoms with Crippen molar-refractivity contribution in [3.05, 3.63) is 0 Å². The summed E-state index contributed by atoms with van der Waals surface area (Å²) in [6.45, 7) is 0. The molecule has 0 nitrogen and oxygen atoms in total. The summed E-state index contributed by atoms with van der Waals surface area (Å²) in [5, 5.41) is 1.18. The van der Waals surface area contributed by atoms with Gasteiger partial charge in [0.25, 0.3) is 0 Å². The minimum atomic E-state index is -2.30. The van der Waals surface area contributed by atoms with Gasteiger partial charge in [-0.1, -0.05) is 0 Å². The summed E-state index contributed by atoms with van der Waals surface area (Å²) < 4.78 is 0. The molecule has 0 heterocycles. The minimum absolute atomic E-state index is 0.848. The number of halogens is 3. The Morgan fingerprint density at radius 2 is 1.50 bits per heavy atom. The third-order valence-corrected chi connectivity index (χ3v) is 8.40. The van der Waals surface area contributed by atoms with Gasteiger partial charge in [-0.05, 0) is 0 Å². The Kier molecular flexibility index (Phi) is 4.69. The monoisotopic (exact) mass is 280 g/mol. The van der Waals surface area contributed by atoms with Gasteiger partial charge in [-0.25, -0.2) is 0 Å². The summed E-state index contributed by atoms with van der Waals surface area (Å²) in [6.07, 6.45) is 0. The third-order valence-electron chi connectivity index (χ3n) is 1.16. The first kappa shape index (κ1) is 11.6. The maximum atomic E-state index is 5.74. The zero-order valence-corrected chi connectivity index (χ0v) is 11.9. The molecule has 0 radical (unpaired) electrons. The van der Waals surface area contributed by atoms with E-state index in [2.05, 4.69) is 17.3 Å². The molecule has 0 aliphatic heterocycles. The van der Waals surface area contributed by atoms with E-state index in [1.165, 1.54) is 5.25 Å². The summed E-state index contributed by atoms with van der Waals surface area (Å²) in [7, 11) is 0. The number of hydrogen-bond donors (Lipinski definition) is 0. The van der Waals surface area contributed by atoms with E-state index in [1.807, 2.05) is 0 Å². The van der Waals surface area contributed by atoms with E-state index in [-0.39, 0.29) is 0 Å². The zero-order chi connectivity index (χ0) is 8.41. The van der Waals surface area contributed by atoms with Crippen molar-refractivity contribution in [3.63, 3.8) is 0 Å². The first-order valence-electron chi connectivity index (χ1n) is 3.27. The summed E-state index contributed by atoms with van der Waals surface area (Å²) in [5.41, 5.74) is 0. The molecule has 0 spiro atoms. The van der Waals surface area contributed by atoms with Crippen LogP contribution in [0.4, 0.5) is 0 Å². The Morgan fingerprint density at radius 1 is 1.10 bits per heavy atom. The summed E-state index contributed by atoms with van der Waals surface area (Å²) in [5.74, 6) is 7.01. The molecule has 0 N–H and O–H groups in total. The molecule has 0 aliphatic carbocycles. The van der Waals surface area contributed by atoms with Gasteiger partial charge in [0.2, 0.25) is 0 Å². The van der Waals surface area contributed by atoms with E-state index in [0.717, 1.165) is 6.04 Å². The van der Waals surface area contributed by atoms with Crippen molar-refractivity contribution in [3.8, 4) is 0 Å². The van der Waals surface area contributed by atoms with Crippen LogP contribution in [0.5, 0.6) is 0 Å². The molecule has 0 unspecified atom stereocenters. The van der Waals surface area contributed by atoms with Crippen LogP contribution in [0.25, 0.3) is 0 Å².